The lowest BCUT2D eigenvalue weighted by Gasteiger charge is -2.21. The minimum Gasteiger partial charge on any atom is -0.397 e. The summed E-state index contributed by atoms with van der Waals surface area (Å²) < 4.78 is 0. The molecule has 1 atom stereocenters. The molecule has 0 aliphatic rings. The van der Waals surface area contributed by atoms with E-state index >= 15 is 0 Å². The van der Waals surface area contributed by atoms with Crippen LogP contribution in [0.3, 0.4) is 0 Å². The number of ketones is 1. The van der Waals surface area contributed by atoms with Gasteiger partial charge in [0.2, 0.25) is 0 Å². The molecular formula is C14H23N3O2S. The highest BCUT2D eigenvalue weighted by Gasteiger charge is 2.25. The highest BCUT2D eigenvalue weighted by atomic mass is 32.1. The van der Waals surface area contributed by atoms with E-state index in [2.05, 4.69) is 31.4 Å². The van der Waals surface area contributed by atoms with E-state index < -0.39 is 0 Å². The molecule has 1 heterocycles. The average molecular weight is 297 g/mol. The Balaban J connectivity index is 3.26. The lowest BCUT2D eigenvalue weighted by atomic mass is 10.0. The molecule has 1 unspecified atom stereocenters. The number of anilines is 2. The van der Waals surface area contributed by atoms with Crippen molar-refractivity contribution in [2.24, 2.45) is 5.92 Å². The van der Waals surface area contributed by atoms with Crippen molar-refractivity contribution in [3.05, 3.63) is 10.4 Å². The van der Waals surface area contributed by atoms with Gasteiger partial charge < -0.3 is 16.4 Å². The summed E-state index contributed by atoms with van der Waals surface area (Å²) in [6.07, 6.45) is 0.929. The fourth-order valence-corrected chi connectivity index (χ4v) is 3.14. The van der Waals surface area contributed by atoms with Crippen LogP contribution >= 0.6 is 11.3 Å². The van der Waals surface area contributed by atoms with Crippen LogP contribution in [0.15, 0.2) is 0 Å². The number of carbonyl (C=O) groups is 2. The second kappa shape index (κ2) is 6.74. The highest BCUT2D eigenvalue weighted by molar-refractivity contribution is 7.19. The molecule has 0 aliphatic carbocycles. The first kappa shape index (κ1) is 16.5. The van der Waals surface area contributed by atoms with Gasteiger partial charge in [0, 0.05) is 20.0 Å². The normalized spacial score (nSPS) is 12.3. The second-order valence-corrected chi connectivity index (χ2v) is 6.11. The van der Waals surface area contributed by atoms with Gasteiger partial charge in [0.25, 0.3) is 5.91 Å². The van der Waals surface area contributed by atoms with Gasteiger partial charge in [-0.3, -0.25) is 9.59 Å². The van der Waals surface area contributed by atoms with Crippen molar-refractivity contribution < 1.29 is 9.59 Å². The molecule has 1 amide bonds. The topological polar surface area (TPSA) is 84.2 Å². The molecule has 0 saturated carbocycles. The monoisotopic (exact) mass is 297 g/mol. The summed E-state index contributed by atoms with van der Waals surface area (Å²) in [4.78, 5) is 24.0. The molecule has 0 spiro atoms. The molecule has 1 aromatic heterocycles. The number of thiophene rings is 1. The SMILES string of the molecule is CCC(Nc1sc(C(C)=O)c(N)c1C(=O)NC)C(C)C. The number of rotatable bonds is 6. The van der Waals surface area contributed by atoms with E-state index in [1.165, 1.54) is 18.3 Å². The molecule has 0 aromatic carbocycles. The summed E-state index contributed by atoms with van der Waals surface area (Å²) in [5, 5.41) is 6.60. The molecule has 0 radical (unpaired) electrons. The Labute approximate surface area is 123 Å². The van der Waals surface area contributed by atoms with Gasteiger partial charge in [0.15, 0.2) is 5.78 Å². The van der Waals surface area contributed by atoms with Crippen molar-refractivity contribution in [3.8, 4) is 0 Å². The molecular weight excluding hydrogens is 274 g/mol. The zero-order valence-electron chi connectivity index (χ0n) is 12.7. The Bertz CT molecular complexity index is 509. The number of amides is 1. The Hall–Kier alpha value is -1.56. The third kappa shape index (κ3) is 3.30. The Kier molecular flexibility index (Phi) is 5.56. The van der Waals surface area contributed by atoms with Crippen LogP contribution in [0.25, 0.3) is 0 Å². The van der Waals surface area contributed by atoms with Crippen molar-refractivity contribution in [1.82, 2.24) is 5.32 Å². The summed E-state index contributed by atoms with van der Waals surface area (Å²) in [7, 11) is 1.55. The molecule has 0 aliphatic heterocycles. The van der Waals surface area contributed by atoms with Crippen molar-refractivity contribution in [2.75, 3.05) is 18.1 Å². The smallest absolute Gasteiger partial charge is 0.256 e. The first-order chi connectivity index (χ1) is 9.33. The van der Waals surface area contributed by atoms with Crippen LogP contribution in [0.2, 0.25) is 0 Å². The quantitative estimate of drug-likeness (QED) is 0.705. The molecule has 1 aromatic rings. The maximum atomic E-state index is 12.0. The van der Waals surface area contributed by atoms with Crippen LogP contribution in [0, 0.1) is 5.92 Å². The van der Waals surface area contributed by atoms with Gasteiger partial charge in [-0.2, -0.15) is 0 Å². The van der Waals surface area contributed by atoms with Gasteiger partial charge in [-0.25, -0.2) is 0 Å². The zero-order chi connectivity index (χ0) is 15.4. The highest BCUT2D eigenvalue weighted by Crippen LogP contribution is 2.37. The minimum absolute atomic E-state index is 0.122. The first-order valence-electron chi connectivity index (χ1n) is 6.75. The van der Waals surface area contributed by atoms with Crippen LogP contribution in [0.1, 0.15) is 54.1 Å². The zero-order valence-corrected chi connectivity index (χ0v) is 13.5. The summed E-state index contributed by atoms with van der Waals surface area (Å²) in [5.74, 6) is 0.0253. The molecule has 1 rings (SSSR count). The second-order valence-electron chi connectivity index (χ2n) is 5.09. The Morgan fingerprint density at radius 1 is 1.35 bits per heavy atom. The largest absolute Gasteiger partial charge is 0.397 e. The number of Topliss-reactive ketones (excluding diaryl/α,β-unsaturated/α-hetero) is 1. The maximum absolute atomic E-state index is 12.0. The minimum atomic E-state index is -0.271. The summed E-state index contributed by atoms with van der Waals surface area (Å²) >= 11 is 1.25. The number of nitrogens with one attached hydrogen (secondary N) is 2. The summed E-state index contributed by atoms with van der Waals surface area (Å²) in [6, 6.07) is 0.233. The average Bonchev–Trinajstić information content (AvgIpc) is 2.71. The van der Waals surface area contributed by atoms with E-state index in [0.29, 0.717) is 21.4 Å². The predicted octanol–water partition coefficient (Wildman–Crippen LogP) is 2.74. The molecule has 20 heavy (non-hydrogen) atoms. The molecule has 112 valence electrons. The number of nitrogens with two attached hydrogens (primary N) is 1. The van der Waals surface area contributed by atoms with E-state index in [0.717, 1.165) is 6.42 Å². The molecule has 6 heteroatoms. The molecule has 0 fully saturated rings. The van der Waals surface area contributed by atoms with Crippen LogP contribution in [-0.4, -0.2) is 24.8 Å². The fraction of sp³-hybridized carbons (Fsp3) is 0.571. The number of hydrogen-bond donors (Lipinski definition) is 3. The van der Waals surface area contributed by atoms with Crippen molar-refractivity contribution in [2.45, 2.75) is 40.2 Å². The van der Waals surface area contributed by atoms with Crippen LogP contribution in [-0.2, 0) is 0 Å². The van der Waals surface area contributed by atoms with E-state index in [1.807, 2.05) is 0 Å². The number of carbonyl (C=O) groups excluding carboxylic acids is 2. The Morgan fingerprint density at radius 2 is 1.95 bits per heavy atom. The maximum Gasteiger partial charge on any atom is 0.256 e. The van der Waals surface area contributed by atoms with Gasteiger partial charge in [0.1, 0.15) is 5.00 Å². The van der Waals surface area contributed by atoms with Gasteiger partial charge in [-0.05, 0) is 12.3 Å². The van der Waals surface area contributed by atoms with Crippen LogP contribution in [0.5, 0.6) is 0 Å². The summed E-state index contributed by atoms with van der Waals surface area (Å²) in [5.41, 5.74) is 6.61. The van der Waals surface area contributed by atoms with Crippen molar-refractivity contribution in [1.29, 1.82) is 0 Å². The van der Waals surface area contributed by atoms with E-state index in [1.54, 1.807) is 7.05 Å². The van der Waals surface area contributed by atoms with Crippen LogP contribution < -0.4 is 16.4 Å². The van der Waals surface area contributed by atoms with Crippen molar-refractivity contribution in [3.63, 3.8) is 0 Å². The van der Waals surface area contributed by atoms with E-state index in [9.17, 15) is 9.59 Å². The lowest BCUT2D eigenvalue weighted by molar-refractivity contribution is 0.0965. The first-order valence-corrected chi connectivity index (χ1v) is 7.56. The Morgan fingerprint density at radius 3 is 2.35 bits per heavy atom. The molecule has 0 saturated heterocycles. The van der Waals surface area contributed by atoms with Gasteiger partial charge in [0.05, 0.1) is 16.1 Å². The van der Waals surface area contributed by atoms with Gasteiger partial charge in [-0.1, -0.05) is 20.8 Å². The van der Waals surface area contributed by atoms with Gasteiger partial charge >= 0.3 is 0 Å². The standard InChI is InChI=1S/C14H23N3O2S/c1-6-9(7(2)3)17-14-10(13(19)16-5)11(15)12(20-14)8(4)18/h7,9,17H,6,15H2,1-5H3,(H,16,19). The number of nitrogen functional groups attached to an aromatic ring is 1. The molecule has 5 nitrogen and oxygen atoms in total. The molecule has 4 N–H and O–H groups in total. The van der Waals surface area contributed by atoms with Crippen LogP contribution in [0.4, 0.5) is 10.7 Å². The number of hydrogen-bond acceptors (Lipinski definition) is 5. The van der Waals surface area contributed by atoms with E-state index in [-0.39, 0.29) is 23.4 Å². The van der Waals surface area contributed by atoms with E-state index in [4.69, 9.17) is 5.73 Å². The van der Waals surface area contributed by atoms with Gasteiger partial charge in [-0.15, -0.1) is 11.3 Å². The van der Waals surface area contributed by atoms with Crippen molar-refractivity contribution >= 4 is 33.7 Å². The summed E-state index contributed by atoms with van der Waals surface area (Å²) in [6.45, 7) is 7.77. The third-order valence-corrected chi connectivity index (χ3v) is 4.52. The molecule has 0 bridgehead atoms. The third-order valence-electron chi connectivity index (χ3n) is 3.28. The fourth-order valence-electron chi connectivity index (χ4n) is 2.07. The lowest BCUT2D eigenvalue weighted by Crippen LogP contribution is -2.26. The predicted molar refractivity (Wildman–Crippen MR) is 84.7 cm³/mol.